The summed E-state index contributed by atoms with van der Waals surface area (Å²) < 4.78 is 6.07. The Balaban J connectivity index is 1.71. The Hall–Kier alpha value is -2.14. The summed E-state index contributed by atoms with van der Waals surface area (Å²) in [6.45, 7) is 7.67. The van der Waals surface area contributed by atoms with Crippen LogP contribution in [0.1, 0.15) is 19.8 Å². The molecular formula is C18H22N4O. The van der Waals surface area contributed by atoms with Crippen LogP contribution < -0.4 is 4.90 Å². The van der Waals surface area contributed by atoms with E-state index >= 15 is 0 Å². The molecular weight excluding hydrogens is 288 g/mol. The van der Waals surface area contributed by atoms with Gasteiger partial charge >= 0.3 is 0 Å². The first-order valence-corrected chi connectivity index (χ1v) is 8.46. The van der Waals surface area contributed by atoms with E-state index in [1.165, 1.54) is 19.5 Å². The highest BCUT2D eigenvalue weighted by Gasteiger charge is 2.20. The monoisotopic (exact) mass is 310 g/mol. The molecule has 5 heteroatoms. The van der Waals surface area contributed by atoms with Gasteiger partial charge in [-0.3, -0.25) is 0 Å². The standard InChI is InChI=1S/C18H22N4O/c1-2-8-21-9-5-10-22(12-11-21)18-17-16(19-13-20-18)14-6-3-4-7-15(14)23-17/h3-4,6-7,13H,2,5,8-12H2,1H3. The molecule has 3 heterocycles. The highest BCUT2D eigenvalue weighted by atomic mass is 16.3. The summed E-state index contributed by atoms with van der Waals surface area (Å²) in [7, 11) is 0. The molecule has 1 aromatic carbocycles. The van der Waals surface area contributed by atoms with Gasteiger partial charge in [0.1, 0.15) is 17.4 Å². The average molecular weight is 310 g/mol. The van der Waals surface area contributed by atoms with Gasteiger partial charge in [-0.05, 0) is 38.1 Å². The normalized spacial score (nSPS) is 17.0. The van der Waals surface area contributed by atoms with Crippen molar-refractivity contribution in [2.24, 2.45) is 0 Å². The van der Waals surface area contributed by atoms with E-state index in [0.29, 0.717) is 0 Å². The van der Waals surface area contributed by atoms with Gasteiger partial charge in [0.25, 0.3) is 0 Å². The minimum Gasteiger partial charge on any atom is -0.450 e. The van der Waals surface area contributed by atoms with Gasteiger partial charge in [-0.2, -0.15) is 0 Å². The molecule has 0 unspecified atom stereocenters. The number of benzene rings is 1. The van der Waals surface area contributed by atoms with E-state index in [-0.39, 0.29) is 0 Å². The van der Waals surface area contributed by atoms with Gasteiger partial charge in [0.2, 0.25) is 0 Å². The highest BCUT2D eigenvalue weighted by molar-refractivity contribution is 6.05. The molecule has 3 aromatic rings. The van der Waals surface area contributed by atoms with E-state index < -0.39 is 0 Å². The fourth-order valence-corrected chi connectivity index (χ4v) is 3.46. The minimum absolute atomic E-state index is 0.817. The van der Waals surface area contributed by atoms with Crippen LogP contribution in [0.5, 0.6) is 0 Å². The van der Waals surface area contributed by atoms with Gasteiger partial charge in [0, 0.05) is 25.0 Å². The van der Waals surface area contributed by atoms with Crippen LogP contribution in [-0.4, -0.2) is 47.6 Å². The summed E-state index contributed by atoms with van der Waals surface area (Å²) >= 11 is 0. The first-order valence-electron chi connectivity index (χ1n) is 8.46. The Morgan fingerprint density at radius 2 is 2.00 bits per heavy atom. The van der Waals surface area contributed by atoms with Gasteiger partial charge in [-0.1, -0.05) is 19.1 Å². The van der Waals surface area contributed by atoms with Crippen LogP contribution in [0.4, 0.5) is 5.82 Å². The zero-order valence-electron chi connectivity index (χ0n) is 13.5. The van der Waals surface area contributed by atoms with Crippen molar-refractivity contribution in [2.45, 2.75) is 19.8 Å². The van der Waals surface area contributed by atoms with Crippen molar-refractivity contribution < 1.29 is 4.42 Å². The van der Waals surface area contributed by atoms with Crippen LogP contribution >= 0.6 is 0 Å². The molecule has 0 N–H and O–H groups in total. The molecule has 0 spiro atoms. The summed E-state index contributed by atoms with van der Waals surface area (Å²) in [4.78, 5) is 13.9. The van der Waals surface area contributed by atoms with Gasteiger partial charge in [0.05, 0.1) is 0 Å². The lowest BCUT2D eigenvalue weighted by Gasteiger charge is -2.22. The average Bonchev–Trinajstić information content (AvgIpc) is 2.81. The van der Waals surface area contributed by atoms with Crippen LogP contribution in [0.2, 0.25) is 0 Å². The third-order valence-electron chi connectivity index (χ3n) is 4.57. The Bertz CT molecular complexity index is 813. The molecule has 1 fully saturated rings. The molecule has 1 saturated heterocycles. The number of rotatable bonds is 3. The smallest absolute Gasteiger partial charge is 0.196 e. The first-order chi connectivity index (χ1) is 11.4. The van der Waals surface area contributed by atoms with E-state index in [0.717, 1.165) is 53.9 Å². The Labute approximate surface area is 135 Å². The number of aromatic nitrogens is 2. The lowest BCUT2D eigenvalue weighted by molar-refractivity contribution is 0.294. The second-order valence-electron chi connectivity index (χ2n) is 6.16. The number of nitrogens with zero attached hydrogens (tertiary/aromatic N) is 4. The highest BCUT2D eigenvalue weighted by Crippen LogP contribution is 2.32. The van der Waals surface area contributed by atoms with Crippen LogP contribution in [0.25, 0.3) is 22.1 Å². The third kappa shape index (κ3) is 2.65. The largest absolute Gasteiger partial charge is 0.450 e. The summed E-state index contributed by atoms with van der Waals surface area (Å²) in [6.07, 6.45) is 4.03. The van der Waals surface area contributed by atoms with Crippen LogP contribution in [0.3, 0.4) is 0 Å². The van der Waals surface area contributed by atoms with E-state index in [9.17, 15) is 0 Å². The molecule has 0 bridgehead atoms. The Morgan fingerprint density at radius 3 is 2.91 bits per heavy atom. The Kier molecular flexibility index (Phi) is 3.87. The van der Waals surface area contributed by atoms with Gasteiger partial charge < -0.3 is 14.2 Å². The van der Waals surface area contributed by atoms with Gasteiger partial charge in [-0.15, -0.1) is 0 Å². The van der Waals surface area contributed by atoms with Crippen molar-refractivity contribution in [2.75, 3.05) is 37.6 Å². The number of hydrogen-bond donors (Lipinski definition) is 0. The second kappa shape index (κ2) is 6.16. The summed E-state index contributed by atoms with van der Waals surface area (Å²) in [5.41, 5.74) is 2.62. The molecule has 1 aliphatic heterocycles. The molecule has 2 aromatic heterocycles. The molecule has 1 aliphatic rings. The molecule has 0 aliphatic carbocycles. The summed E-state index contributed by atoms with van der Waals surface area (Å²) in [5, 5.41) is 1.06. The number of hydrogen-bond acceptors (Lipinski definition) is 5. The lowest BCUT2D eigenvalue weighted by Crippen LogP contribution is -2.31. The maximum absolute atomic E-state index is 6.07. The molecule has 0 radical (unpaired) electrons. The maximum Gasteiger partial charge on any atom is 0.196 e. The minimum atomic E-state index is 0.817. The molecule has 23 heavy (non-hydrogen) atoms. The van der Waals surface area contributed by atoms with E-state index in [2.05, 4.69) is 32.8 Å². The Morgan fingerprint density at radius 1 is 1.09 bits per heavy atom. The maximum atomic E-state index is 6.07. The second-order valence-corrected chi connectivity index (χ2v) is 6.16. The third-order valence-corrected chi connectivity index (χ3v) is 4.57. The topological polar surface area (TPSA) is 45.4 Å². The zero-order chi connectivity index (χ0) is 15.6. The van der Waals surface area contributed by atoms with Crippen molar-refractivity contribution in [1.82, 2.24) is 14.9 Å². The fraction of sp³-hybridized carbons (Fsp3) is 0.444. The molecule has 0 saturated carbocycles. The first kappa shape index (κ1) is 14.5. The van der Waals surface area contributed by atoms with Crippen LogP contribution in [-0.2, 0) is 0 Å². The van der Waals surface area contributed by atoms with Crippen molar-refractivity contribution in [3.8, 4) is 0 Å². The number of anilines is 1. The van der Waals surface area contributed by atoms with Gasteiger partial charge in [0.15, 0.2) is 11.4 Å². The van der Waals surface area contributed by atoms with E-state index in [1.54, 1.807) is 6.33 Å². The number of para-hydroxylation sites is 1. The predicted molar refractivity (Wildman–Crippen MR) is 92.9 cm³/mol. The van der Waals surface area contributed by atoms with Crippen molar-refractivity contribution >= 4 is 27.9 Å². The van der Waals surface area contributed by atoms with E-state index in [4.69, 9.17) is 4.42 Å². The number of fused-ring (bicyclic) bond motifs is 3. The SMILES string of the molecule is CCCN1CCCN(c2ncnc3c2oc2ccccc23)CC1. The predicted octanol–water partition coefficient (Wildman–Crippen LogP) is 3.30. The number of furan rings is 1. The molecule has 0 atom stereocenters. The molecule has 0 amide bonds. The van der Waals surface area contributed by atoms with Crippen molar-refractivity contribution in [3.63, 3.8) is 0 Å². The summed E-state index contributed by atoms with van der Waals surface area (Å²) in [5.74, 6) is 0.935. The van der Waals surface area contributed by atoms with Gasteiger partial charge in [-0.25, -0.2) is 9.97 Å². The molecule has 120 valence electrons. The van der Waals surface area contributed by atoms with Crippen LogP contribution in [0, 0.1) is 0 Å². The molecule has 5 nitrogen and oxygen atoms in total. The molecule has 4 rings (SSSR count). The summed E-state index contributed by atoms with van der Waals surface area (Å²) in [6, 6.07) is 8.07. The van der Waals surface area contributed by atoms with Crippen molar-refractivity contribution in [1.29, 1.82) is 0 Å². The van der Waals surface area contributed by atoms with Crippen molar-refractivity contribution in [3.05, 3.63) is 30.6 Å². The zero-order valence-corrected chi connectivity index (χ0v) is 13.5. The lowest BCUT2D eigenvalue weighted by atomic mass is 10.2. The van der Waals surface area contributed by atoms with Crippen LogP contribution in [0.15, 0.2) is 35.0 Å². The quantitative estimate of drug-likeness (QED) is 0.743. The fourth-order valence-electron chi connectivity index (χ4n) is 3.46. The van der Waals surface area contributed by atoms with E-state index in [1.807, 2.05) is 18.2 Å².